The molecule has 1 N–H and O–H groups in total. The fourth-order valence-corrected chi connectivity index (χ4v) is 5.10. The molecule has 1 heterocycles. The summed E-state index contributed by atoms with van der Waals surface area (Å²) in [5.41, 5.74) is 0.682. The van der Waals surface area contributed by atoms with Crippen LogP contribution in [0.1, 0.15) is 30.1 Å². The molecule has 170 valence electrons. The molecule has 0 aliphatic carbocycles. The van der Waals surface area contributed by atoms with Gasteiger partial charge in [0.15, 0.2) is 12.4 Å². The van der Waals surface area contributed by atoms with Crippen LogP contribution in [0, 0.1) is 5.92 Å². The second-order valence-corrected chi connectivity index (χ2v) is 9.79. The number of rotatable bonds is 7. The van der Waals surface area contributed by atoms with E-state index in [1.54, 1.807) is 24.3 Å². The van der Waals surface area contributed by atoms with Crippen LogP contribution in [0.25, 0.3) is 0 Å². The molecule has 0 bridgehead atoms. The molecule has 3 rings (SSSR count). The monoisotopic (exact) mass is 478 g/mol. The lowest BCUT2D eigenvalue weighted by Gasteiger charge is -2.30. The van der Waals surface area contributed by atoms with Gasteiger partial charge >= 0.3 is 5.97 Å². The Morgan fingerprint density at radius 3 is 2.50 bits per heavy atom. The number of anilines is 1. The SMILES string of the molecule is CC(=O)c1ccccc1NC(=O)COC(=O)C1CCCN(S(=O)(=O)c2ccc(Cl)cc2)C1. The number of hydrogen-bond donors (Lipinski definition) is 1. The number of carbonyl (C=O) groups is 3. The molecule has 2 aromatic carbocycles. The Hall–Kier alpha value is -2.75. The first-order chi connectivity index (χ1) is 15.2. The normalized spacial score (nSPS) is 16.9. The van der Waals surface area contributed by atoms with E-state index in [-0.39, 0.29) is 23.8 Å². The minimum absolute atomic E-state index is 0.0292. The molecular formula is C22H23ClN2O6S. The number of nitrogens with zero attached hydrogens (tertiary/aromatic N) is 1. The topological polar surface area (TPSA) is 110 Å². The van der Waals surface area contributed by atoms with Crippen molar-refractivity contribution in [2.45, 2.75) is 24.7 Å². The highest BCUT2D eigenvalue weighted by Gasteiger charge is 2.34. The van der Waals surface area contributed by atoms with Gasteiger partial charge < -0.3 is 10.1 Å². The number of ketones is 1. The zero-order valence-electron chi connectivity index (χ0n) is 17.4. The number of carbonyl (C=O) groups excluding carboxylic acids is 3. The molecule has 1 saturated heterocycles. The van der Waals surface area contributed by atoms with Gasteiger partial charge in [-0.15, -0.1) is 0 Å². The summed E-state index contributed by atoms with van der Waals surface area (Å²) in [6.07, 6.45) is 0.949. The highest BCUT2D eigenvalue weighted by atomic mass is 35.5. The zero-order chi connectivity index (χ0) is 23.3. The van der Waals surface area contributed by atoms with Crippen LogP contribution >= 0.6 is 11.6 Å². The third kappa shape index (κ3) is 5.73. The molecule has 0 spiro atoms. The van der Waals surface area contributed by atoms with Gasteiger partial charge in [-0.2, -0.15) is 4.31 Å². The maximum atomic E-state index is 12.9. The largest absolute Gasteiger partial charge is 0.455 e. The summed E-state index contributed by atoms with van der Waals surface area (Å²) in [5, 5.41) is 2.98. The number of Topliss-reactive ketones (excluding diaryl/α,β-unsaturated/α-hetero) is 1. The summed E-state index contributed by atoms with van der Waals surface area (Å²) in [6.45, 7) is 1.11. The second-order valence-electron chi connectivity index (χ2n) is 7.41. The van der Waals surface area contributed by atoms with Crippen molar-refractivity contribution < 1.29 is 27.5 Å². The average Bonchev–Trinajstić information content (AvgIpc) is 2.78. The van der Waals surface area contributed by atoms with E-state index in [0.29, 0.717) is 29.1 Å². The van der Waals surface area contributed by atoms with Crippen LogP contribution in [0.15, 0.2) is 53.4 Å². The average molecular weight is 479 g/mol. The fourth-order valence-electron chi connectivity index (χ4n) is 3.45. The van der Waals surface area contributed by atoms with Crippen LogP contribution in [0.5, 0.6) is 0 Å². The van der Waals surface area contributed by atoms with Crippen molar-refractivity contribution in [2.24, 2.45) is 5.92 Å². The predicted molar refractivity (Wildman–Crippen MR) is 119 cm³/mol. The van der Waals surface area contributed by atoms with E-state index in [0.717, 1.165) is 0 Å². The minimum Gasteiger partial charge on any atom is -0.455 e. The number of ether oxygens (including phenoxy) is 1. The van der Waals surface area contributed by atoms with Gasteiger partial charge in [0.1, 0.15) is 0 Å². The maximum Gasteiger partial charge on any atom is 0.310 e. The Kier molecular flexibility index (Phi) is 7.65. The number of sulfonamides is 1. The highest BCUT2D eigenvalue weighted by molar-refractivity contribution is 7.89. The van der Waals surface area contributed by atoms with E-state index in [2.05, 4.69) is 5.32 Å². The molecule has 0 radical (unpaired) electrons. The van der Waals surface area contributed by atoms with Crippen molar-refractivity contribution in [2.75, 3.05) is 25.0 Å². The van der Waals surface area contributed by atoms with Gasteiger partial charge in [0.25, 0.3) is 5.91 Å². The zero-order valence-corrected chi connectivity index (χ0v) is 19.0. The van der Waals surface area contributed by atoms with Crippen LogP contribution in [0.2, 0.25) is 5.02 Å². The van der Waals surface area contributed by atoms with Gasteiger partial charge in [-0.1, -0.05) is 23.7 Å². The van der Waals surface area contributed by atoms with Crippen molar-refractivity contribution in [1.29, 1.82) is 0 Å². The fraction of sp³-hybridized carbons (Fsp3) is 0.318. The molecule has 1 fully saturated rings. The van der Waals surface area contributed by atoms with Gasteiger partial charge in [-0.3, -0.25) is 14.4 Å². The Labute approximate surface area is 191 Å². The summed E-state index contributed by atoms with van der Waals surface area (Å²) in [7, 11) is -3.77. The number of nitrogens with one attached hydrogen (secondary N) is 1. The van der Waals surface area contributed by atoms with Crippen LogP contribution in [-0.4, -0.2) is 50.1 Å². The van der Waals surface area contributed by atoms with Gasteiger partial charge in [0, 0.05) is 23.7 Å². The number of piperidine rings is 1. The van der Waals surface area contributed by atoms with Gasteiger partial charge in [0.05, 0.1) is 16.5 Å². The van der Waals surface area contributed by atoms with E-state index in [1.165, 1.54) is 35.5 Å². The van der Waals surface area contributed by atoms with Crippen molar-refractivity contribution in [1.82, 2.24) is 4.31 Å². The van der Waals surface area contributed by atoms with Crippen LogP contribution in [-0.2, 0) is 24.3 Å². The van der Waals surface area contributed by atoms with Crippen LogP contribution in [0.4, 0.5) is 5.69 Å². The summed E-state index contributed by atoms with van der Waals surface area (Å²) in [4.78, 5) is 36.4. The van der Waals surface area contributed by atoms with E-state index in [4.69, 9.17) is 16.3 Å². The van der Waals surface area contributed by atoms with Gasteiger partial charge in [-0.25, -0.2) is 8.42 Å². The standard InChI is InChI=1S/C22H23ClN2O6S/c1-15(26)19-6-2-3-7-20(19)24-21(27)14-31-22(28)16-5-4-12-25(13-16)32(29,30)18-10-8-17(23)9-11-18/h2-3,6-11,16H,4-5,12-14H2,1H3,(H,24,27). The van der Waals surface area contributed by atoms with Crippen molar-refractivity contribution in [3.8, 4) is 0 Å². The van der Waals surface area contributed by atoms with Crippen molar-refractivity contribution >= 4 is 45.0 Å². The molecule has 10 heteroatoms. The molecule has 0 saturated carbocycles. The quantitative estimate of drug-likeness (QED) is 0.483. The Bertz CT molecular complexity index is 1120. The number of benzene rings is 2. The van der Waals surface area contributed by atoms with Gasteiger partial charge in [-0.05, 0) is 56.2 Å². The third-order valence-electron chi connectivity index (χ3n) is 5.09. The second kappa shape index (κ2) is 10.2. The summed E-state index contributed by atoms with van der Waals surface area (Å²) < 4.78 is 32.1. The van der Waals surface area contributed by atoms with Crippen LogP contribution in [0.3, 0.4) is 0 Å². The molecule has 8 nitrogen and oxygen atoms in total. The predicted octanol–water partition coefficient (Wildman–Crippen LogP) is 3.13. The van der Waals surface area contributed by atoms with Crippen LogP contribution < -0.4 is 5.32 Å². The minimum atomic E-state index is -3.77. The number of hydrogen-bond acceptors (Lipinski definition) is 6. The molecule has 1 aliphatic rings. The van der Waals surface area contributed by atoms with E-state index in [1.807, 2.05) is 0 Å². The van der Waals surface area contributed by atoms with E-state index in [9.17, 15) is 22.8 Å². The number of amides is 1. The van der Waals surface area contributed by atoms with E-state index >= 15 is 0 Å². The highest BCUT2D eigenvalue weighted by Crippen LogP contribution is 2.25. The lowest BCUT2D eigenvalue weighted by Crippen LogP contribution is -2.43. The van der Waals surface area contributed by atoms with Crippen molar-refractivity contribution in [3.05, 3.63) is 59.1 Å². The van der Waals surface area contributed by atoms with Gasteiger partial charge in [0.2, 0.25) is 10.0 Å². The number of esters is 1. The molecule has 1 aliphatic heterocycles. The first-order valence-corrected chi connectivity index (χ1v) is 11.8. The first kappa shape index (κ1) is 23.9. The number of halogens is 1. The summed E-state index contributed by atoms with van der Waals surface area (Å²) in [6, 6.07) is 12.3. The lowest BCUT2D eigenvalue weighted by atomic mass is 10.00. The summed E-state index contributed by atoms with van der Waals surface area (Å²) in [5.74, 6) is -2.12. The molecule has 32 heavy (non-hydrogen) atoms. The Morgan fingerprint density at radius 1 is 1.12 bits per heavy atom. The molecule has 1 unspecified atom stereocenters. The lowest BCUT2D eigenvalue weighted by molar-refractivity contribution is -0.152. The molecule has 1 atom stereocenters. The Morgan fingerprint density at radius 2 is 1.81 bits per heavy atom. The van der Waals surface area contributed by atoms with E-state index < -0.39 is 34.4 Å². The van der Waals surface area contributed by atoms with Crippen molar-refractivity contribution in [3.63, 3.8) is 0 Å². The first-order valence-electron chi connectivity index (χ1n) is 10.0. The number of para-hydroxylation sites is 1. The molecule has 0 aromatic heterocycles. The third-order valence-corrected chi connectivity index (χ3v) is 7.23. The molecule has 1 amide bonds. The molecular weight excluding hydrogens is 456 g/mol. The maximum absolute atomic E-state index is 12.9. The molecule has 2 aromatic rings. The smallest absolute Gasteiger partial charge is 0.310 e. The summed E-state index contributed by atoms with van der Waals surface area (Å²) >= 11 is 5.83. The Balaban J connectivity index is 1.58.